The quantitative estimate of drug-likeness (QED) is 0.237. The molecular formula is C14H5ClF16O3. The molecule has 0 aliphatic carbocycles. The van der Waals surface area contributed by atoms with Crippen molar-refractivity contribution in [2.45, 2.75) is 47.8 Å². The molecule has 2 atom stereocenters. The summed E-state index contributed by atoms with van der Waals surface area (Å²) >= 11 is 4.20. The summed E-state index contributed by atoms with van der Waals surface area (Å²) in [5.41, 5.74) is 0. The summed E-state index contributed by atoms with van der Waals surface area (Å²) in [7, 11) is 0. The SMILES string of the molecule is FC(F)(F)C(F)(F)C(F)(F)OC(F)(C(F)(F)F)C(F)(F)OC(F)(Cl)C(F)(F)Oc1ccccc1. The van der Waals surface area contributed by atoms with Crippen LogP contribution in [0.3, 0.4) is 0 Å². The Morgan fingerprint density at radius 2 is 0.971 bits per heavy atom. The van der Waals surface area contributed by atoms with Gasteiger partial charge in [-0.1, -0.05) is 18.2 Å². The maximum absolute atomic E-state index is 13.9. The largest absolute Gasteiger partial charge is 0.475 e. The Kier molecular flexibility index (Phi) is 7.67. The molecule has 3 nitrogen and oxygen atoms in total. The smallest absolute Gasteiger partial charge is 0.427 e. The fourth-order valence-corrected chi connectivity index (χ4v) is 1.81. The van der Waals surface area contributed by atoms with E-state index in [9.17, 15) is 70.2 Å². The predicted octanol–water partition coefficient (Wildman–Crippen LogP) is 7.16. The Morgan fingerprint density at radius 1 is 0.529 bits per heavy atom. The van der Waals surface area contributed by atoms with E-state index in [2.05, 4.69) is 21.1 Å². The van der Waals surface area contributed by atoms with Crippen molar-refractivity contribution in [1.82, 2.24) is 0 Å². The van der Waals surface area contributed by atoms with Crippen LogP contribution in [0.25, 0.3) is 0 Å². The molecule has 1 aromatic carbocycles. The fourth-order valence-electron chi connectivity index (χ4n) is 1.67. The fraction of sp³-hybridized carbons (Fsp3) is 0.571. The van der Waals surface area contributed by atoms with E-state index in [-0.39, 0.29) is 0 Å². The highest BCUT2D eigenvalue weighted by atomic mass is 35.5. The Balaban J connectivity index is 3.44. The first-order valence-corrected chi connectivity index (χ1v) is 7.98. The van der Waals surface area contributed by atoms with E-state index in [0.717, 1.165) is 18.2 Å². The summed E-state index contributed by atoms with van der Waals surface area (Å²) in [6.07, 6.45) is -36.7. The maximum Gasteiger partial charge on any atom is 0.475 e. The molecule has 0 N–H and O–H groups in total. The van der Waals surface area contributed by atoms with Crippen LogP contribution in [-0.4, -0.2) is 47.8 Å². The number of alkyl halides is 17. The van der Waals surface area contributed by atoms with Gasteiger partial charge in [0.2, 0.25) is 0 Å². The molecule has 0 radical (unpaired) electrons. The number of hydrogen-bond donors (Lipinski definition) is 0. The second-order valence-electron chi connectivity index (χ2n) is 5.85. The Hall–Kier alpha value is -1.89. The van der Waals surface area contributed by atoms with Gasteiger partial charge in [-0.25, -0.2) is 0 Å². The number of hydrogen-bond acceptors (Lipinski definition) is 3. The van der Waals surface area contributed by atoms with Gasteiger partial charge in [0.05, 0.1) is 0 Å². The van der Waals surface area contributed by atoms with Crippen LogP contribution in [0.1, 0.15) is 0 Å². The molecule has 0 aromatic heterocycles. The molecule has 0 aliphatic heterocycles. The summed E-state index contributed by atoms with van der Waals surface area (Å²) in [5.74, 6) is -16.7. The van der Waals surface area contributed by atoms with Crippen LogP contribution in [0.2, 0.25) is 0 Å². The van der Waals surface area contributed by atoms with Crippen LogP contribution in [0.5, 0.6) is 5.75 Å². The van der Waals surface area contributed by atoms with Crippen LogP contribution in [0.4, 0.5) is 70.2 Å². The zero-order chi connectivity index (χ0) is 27.2. The van der Waals surface area contributed by atoms with Gasteiger partial charge < -0.3 is 4.74 Å². The van der Waals surface area contributed by atoms with E-state index in [4.69, 9.17) is 0 Å². The maximum atomic E-state index is 13.9. The third-order valence-electron chi connectivity index (χ3n) is 3.31. The van der Waals surface area contributed by atoms with Gasteiger partial charge in [0, 0.05) is 0 Å². The van der Waals surface area contributed by atoms with Gasteiger partial charge in [-0.2, -0.15) is 70.2 Å². The Labute approximate surface area is 181 Å². The molecule has 34 heavy (non-hydrogen) atoms. The number of rotatable bonds is 9. The van der Waals surface area contributed by atoms with Crippen molar-refractivity contribution in [2.75, 3.05) is 0 Å². The van der Waals surface area contributed by atoms with Crippen molar-refractivity contribution in [1.29, 1.82) is 0 Å². The van der Waals surface area contributed by atoms with Crippen molar-refractivity contribution >= 4 is 11.6 Å². The molecule has 1 rings (SSSR count). The van der Waals surface area contributed by atoms with Crippen LogP contribution in [0, 0.1) is 0 Å². The minimum Gasteiger partial charge on any atom is -0.427 e. The number of para-hydroxylation sites is 1. The van der Waals surface area contributed by atoms with Crippen molar-refractivity contribution in [3.8, 4) is 5.75 Å². The summed E-state index contributed by atoms with van der Waals surface area (Å²) in [6, 6.07) is 4.01. The molecule has 198 valence electrons. The van der Waals surface area contributed by atoms with E-state index >= 15 is 0 Å². The molecule has 0 aliphatic rings. The van der Waals surface area contributed by atoms with E-state index < -0.39 is 53.5 Å². The number of ether oxygens (including phenoxy) is 3. The topological polar surface area (TPSA) is 27.7 Å². The van der Waals surface area contributed by atoms with E-state index in [1.54, 1.807) is 0 Å². The van der Waals surface area contributed by atoms with Crippen LogP contribution >= 0.6 is 11.6 Å². The van der Waals surface area contributed by atoms with Crippen molar-refractivity contribution in [2.24, 2.45) is 0 Å². The molecule has 0 saturated heterocycles. The first kappa shape index (κ1) is 30.1. The lowest BCUT2D eigenvalue weighted by molar-refractivity contribution is -0.547. The van der Waals surface area contributed by atoms with Crippen LogP contribution in [0.15, 0.2) is 30.3 Å². The van der Waals surface area contributed by atoms with Crippen molar-refractivity contribution in [3.05, 3.63) is 30.3 Å². The van der Waals surface area contributed by atoms with E-state index in [1.165, 1.54) is 4.74 Å². The molecule has 20 heteroatoms. The third kappa shape index (κ3) is 5.50. The highest BCUT2D eigenvalue weighted by molar-refractivity contribution is 6.22. The lowest BCUT2D eigenvalue weighted by Gasteiger charge is -2.39. The molecule has 0 heterocycles. The zero-order valence-electron chi connectivity index (χ0n) is 15.0. The van der Waals surface area contributed by atoms with E-state index in [1.807, 2.05) is 0 Å². The Morgan fingerprint density at radius 3 is 1.35 bits per heavy atom. The summed E-state index contributed by atoms with van der Waals surface area (Å²) in [5, 5.41) is -6.11. The summed E-state index contributed by atoms with van der Waals surface area (Å²) in [4.78, 5) is 0. The van der Waals surface area contributed by atoms with Gasteiger partial charge >= 0.3 is 47.8 Å². The minimum atomic E-state index is -7.83. The molecule has 0 saturated carbocycles. The number of benzene rings is 1. The first-order valence-electron chi connectivity index (χ1n) is 7.60. The minimum absolute atomic E-state index is 0.553. The third-order valence-corrected chi connectivity index (χ3v) is 3.61. The van der Waals surface area contributed by atoms with Gasteiger partial charge in [0.15, 0.2) is 0 Å². The summed E-state index contributed by atoms with van der Waals surface area (Å²) in [6.45, 7) is 0. The van der Waals surface area contributed by atoms with Gasteiger partial charge in [0.25, 0.3) is 0 Å². The molecule has 1 aromatic rings. The van der Waals surface area contributed by atoms with E-state index in [0.29, 0.717) is 12.1 Å². The van der Waals surface area contributed by atoms with Crippen molar-refractivity contribution in [3.63, 3.8) is 0 Å². The molecule has 0 fully saturated rings. The first-order chi connectivity index (χ1) is 14.7. The highest BCUT2D eigenvalue weighted by Gasteiger charge is 2.85. The van der Waals surface area contributed by atoms with Crippen LogP contribution < -0.4 is 4.74 Å². The average Bonchev–Trinajstić information content (AvgIpc) is 2.58. The second-order valence-corrected chi connectivity index (χ2v) is 6.34. The monoisotopic (exact) mass is 560 g/mol. The molecular weight excluding hydrogens is 556 g/mol. The zero-order valence-corrected chi connectivity index (χ0v) is 15.8. The van der Waals surface area contributed by atoms with Crippen LogP contribution in [-0.2, 0) is 9.47 Å². The van der Waals surface area contributed by atoms with Crippen molar-refractivity contribution < 1.29 is 84.5 Å². The van der Waals surface area contributed by atoms with Gasteiger partial charge in [-0.05, 0) is 23.7 Å². The highest BCUT2D eigenvalue weighted by Crippen LogP contribution is 2.56. The lowest BCUT2D eigenvalue weighted by Crippen LogP contribution is -2.67. The predicted molar refractivity (Wildman–Crippen MR) is 74.7 cm³/mol. The van der Waals surface area contributed by atoms with Gasteiger partial charge in [0.1, 0.15) is 5.75 Å². The average molecular weight is 561 g/mol. The Bertz CT molecular complexity index is 838. The van der Waals surface area contributed by atoms with Gasteiger partial charge in [-0.15, -0.1) is 0 Å². The second kappa shape index (κ2) is 8.65. The molecule has 0 spiro atoms. The van der Waals surface area contributed by atoms with Gasteiger partial charge in [-0.3, -0.25) is 9.47 Å². The summed E-state index contributed by atoms with van der Waals surface area (Å²) < 4.78 is 216. The standard InChI is InChI=1S/C14H5ClF16O3/c15-9(19,14(30,31)32-6-4-2-1-3-5-6)34-13(28,29)8(18,11(23,24)25)33-12(26,27)7(16,17)10(20,21)22/h1-5H. The molecule has 0 amide bonds. The molecule has 0 bridgehead atoms. The normalized spacial score (nSPS) is 18.3. The lowest BCUT2D eigenvalue weighted by atomic mass is 10.2. The molecule has 2 unspecified atom stereocenters. The number of halogens is 17.